The van der Waals surface area contributed by atoms with E-state index in [0.717, 1.165) is 0 Å². The van der Waals surface area contributed by atoms with Crippen LogP contribution in [-0.2, 0) is 30.1 Å². The van der Waals surface area contributed by atoms with Gasteiger partial charge in [-0.3, -0.25) is 9.59 Å². The highest BCUT2D eigenvalue weighted by molar-refractivity contribution is 6.50. The quantitative estimate of drug-likeness (QED) is 0.493. The van der Waals surface area contributed by atoms with Crippen LogP contribution in [0.3, 0.4) is 0 Å². The highest BCUT2D eigenvalue weighted by Gasteiger charge is 2.54. The number of carboxylic acid groups (broad SMARTS) is 3. The number of benzene rings is 1. The number of rotatable bonds is 7. The molecule has 0 bridgehead atoms. The number of hydrogen-bond donors (Lipinski definition) is 4. The largest absolute Gasteiger partial charge is 0.552 e. The highest BCUT2D eigenvalue weighted by Crippen LogP contribution is 2.29. The molecule has 2 atom stereocenters. The van der Waals surface area contributed by atoms with E-state index in [-0.39, 0.29) is 6.42 Å². The van der Waals surface area contributed by atoms with E-state index in [9.17, 15) is 24.3 Å². The average molecular weight is 365 g/mol. The van der Waals surface area contributed by atoms with Crippen molar-refractivity contribution in [2.45, 2.75) is 30.8 Å². The van der Waals surface area contributed by atoms with Crippen molar-refractivity contribution in [1.29, 1.82) is 0 Å². The van der Waals surface area contributed by atoms with Gasteiger partial charge < -0.3 is 29.9 Å². The summed E-state index contributed by atoms with van der Waals surface area (Å²) in [6.45, 7) is 0. The second-order valence-electron chi connectivity index (χ2n) is 5.77. The molecule has 10 nitrogen and oxygen atoms in total. The zero-order chi connectivity index (χ0) is 19.3. The molecule has 138 valence electrons. The van der Waals surface area contributed by atoms with Gasteiger partial charge in [0.2, 0.25) is 0 Å². The number of carbonyl (C=O) groups is 4. The van der Waals surface area contributed by atoms with Crippen molar-refractivity contribution in [3.63, 3.8) is 0 Å². The molecule has 0 radical (unpaired) electrons. The first kappa shape index (κ1) is 19.3. The van der Waals surface area contributed by atoms with Gasteiger partial charge in [-0.05, 0) is 12.0 Å². The van der Waals surface area contributed by atoms with E-state index in [1.807, 2.05) is 0 Å². The molecule has 1 fully saturated rings. The third-order valence-corrected chi connectivity index (χ3v) is 3.78. The molecule has 0 spiro atoms. The molecule has 1 aromatic rings. The molecule has 2 unspecified atom stereocenters. The Balaban J connectivity index is 2.30. The summed E-state index contributed by atoms with van der Waals surface area (Å²) in [5, 5.41) is 29.5. The van der Waals surface area contributed by atoms with Gasteiger partial charge in [-0.25, -0.2) is 9.59 Å². The summed E-state index contributed by atoms with van der Waals surface area (Å²) >= 11 is 0. The van der Waals surface area contributed by atoms with E-state index < -0.39 is 55.5 Å². The number of nitrogens with one attached hydrogen (secondary N) is 1. The predicted molar refractivity (Wildman–Crippen MR) is 85.3 cm³/mol. The minimum absolute atomic E-state index is 0.0356. The molecule has 0 aromatic heterocycles. The van der Waals surface area contributed by atoms with Crippen LogP contribution in [0.5, 0.6) is 0 Å². The molecule has 26 heavy (non-hydrogen) atoms. The molecule has 0 aliphatic carbocycles. The molecule has 1 aliphatic rings. The Kier molecular flexibility index (Phi) is 5.83. The van der Waals surface area contributed by atoms with Crippen molar-refractivity contribution < 1.29 is 43.8 Å². The van der Waals surface area contributed by atoms with E-state index in [2.05, 4.69) is 5.32 Å². The summed E-state index contributed by atoms with van der Waals surface area (Å²) in [5.41, 5.74) is -1.66. The highest BCUT2D eigenvalue weighted by atomic mass is 16.6. The molecule has 4 N–H and O–H groups in total. The van der Waals surface area contributed by atoms with Gasteiger partial charge in [0.05, 0.1) is 18.8 Å². The van der Waals surface area contributed by atoms with E-state index in [4.69, 9.17) is 19.5 Å². The topological polar surface area (TPSA) is 159 Å². The Morgan fingerprint density at radius 1 is 1.19 bits per heavy atom. The molecule has 1 saturated heterocycles. The van der Waals surface area contributed by atoms with E-state index in [1.54, 1.807) is 30.3 Å². The predicted octanol–water partition coefficient (Wildman–Crippen LogP) is 0.154. The molecule has 11 heteroatoms. The molecular weight excluding hydrogens is 349 g/mol. The van der Waals surface area contributed by atoms with Crippen LogP contribution >= 0.6 is 0 Å². The first-order valence-corrected chi connectivity index (χ1v) is 7.58. The molecular formula is C15H16BNO9. The zero-order valence-corrected chi connectivity index (χ0v) is 13.5. The second kappa shape index (κ2) is 7.87. The number of carboxylic acids is 2. The third kappa shape index (κ3) is 4.73. The maximum absolute atomic E-state index is 11.9. The van der Waals surface area contributed by atoms with Crippen LogP contribution in [0.25, 0.3) is 0 Å². The normalized spacial score (nSPS) is 20.8. The van der Waals surface area contributed by atoms with Gasteiger partial charge in [-0.1, -0.05) is 30.3 Å². The van der Waals surface area contributed by atoms with Crippen molar-refractivity contribution in [2.75, 3.05) is 0 Å². The van der Waals surface area contributed by atoms with Gasteiger partial charge in [0.15, 0.2) is 5.60 Å². The summed E-state index contributed by atoms with van der Waals surface area (Å²) in [6, 6.07) is 8.58. The zero-order valence-electron chi connectivity index (χ0n) is 13.5. The lowest BCUT2D eigenvalue weighted by Crippen LogP contribution is -2.61. The molecule has 1 heterocycles. The van der Waals surface area contributed by atoms with E-state index >= 15 is 0 Å². The smallest absolute Gasteiger partial charge is 0.508 e. The molecule has 2 rings (SSSR count). The number of amides is 1. The number of carbonyl (C=O) groups excluding carboxylic acids is 1. The Morgan fingerprint density at radius 2 is 1.85 bits per heavy atom. The SMILES string of the molecule is O=C(O)CC1(C(=O)O)CC(=O)OB(C(Cc2ccccc2)NC(=O)O)O1. The summed E-state index contributed by atoms with van der Waals surface area (Å²) in [4.78, 5) is 45.6. The number of aliphatic carboxylic acids is 2. The van der Waals surface area contributed by atoms with Crippen molar-refractivity contribution in [3.05, 3.63) is 35.9 Å². The maximum atomic E-state index is 11.9. The minimum atomic E-state index is -2.33. The van der Waals surface area contributed by atoms with Gasteiger partial charge in [0.25, 0.3) is 5.97 Å². The van der Waals surface area contributed by atoms with E-state index in [1.165, 1.54) is 0 Å². The van der Waals surface area contributed by atoms with Gasteiger partial charge in [0, 0.05) is 0 Å². The van der Waals surface area contributed by atoms with Crippen LogP contribution in [0.4, 0.5) is 4.79 Å². The Hall–Kier alpha value is -3.08. The van der Waals surface area contributed by atoms with E-state index in [0.29, 0.717) is 5.56 Å². The lowest BCUT2D eigenvalue weighted by atomic mass is 9.71. The lowest BCUT2D eigenvalue weighted by Gasteiger charge is -2.37. The van der Waals surface area contributed by atoms with Crippen molar-refractivity contribution in [1.82, 2.24) is 5.32 Å². The minimum Gasteiger partial charge on any atom is -0.508 e. The summed E-state index contributed by atoms with van der Waals surface area (Å²) in [6.07, 6.45) is -3.17. The third-order valence-electron chi connectivity index (χ3n) is 3.78. The lowest BCUT2D eigenvalue weighted by molar-refractivity contribution is -0.175. The Labute approximate surface area is 147 Å². The molecule has 1 amide bonds. The van der Waals surface area contributed by atoms with Crippen LogP contribution < -0.4 is 5.32 Å². The molecule has 0 saturated carbocycles. The fourth-order valence-electron chi connectivity index (χ4n) is 2.65. The van der Waals surface area contributed by atoms with Crippen LogP contribution in [0.2, 0.25) is 0 Å². The Morgan fingerprint density at radius 3 is 2.38 bits per heavy atom. The van der Waals surface area contributed by atoms with Gasteiger partial charge in [-0.2, -0.15) is 0 Å². The standard InChI is InChI=1S/C15H16BNO9/c18-11(19)7-15(13(21)22)8-12(20)25-16(26-15)10(17-14(23)24)6-9-4-2-1-3-5-9/h1-5,10,17H,6-8H2,(H,18,19)(H,21,22)(H,23,24). The van der Waals surface area contributed by atoms with Crippen LogP contribution in [0.15, 0.2) is 30.3 Å². The average Bonchev–Trinajstić information content (AvgIpc) is 2.53. The van der Waals surface area contributed by atoms with Crippen molar-refractivity contribution in [2.24, 2.45) is 0 Å². The van der Waals surface area contributed by atoms with Crippen LogP contribution in [-0.4, -0.2) is 58.0 Å². The van der Waals surface area contributed by atoms with Gasteiger partial charge in [0.1, 0.15) is 0 Å². The Bertz CT molecular complexity index is 706. The van der Waals surface area contributed by atoms with Gasteiger partial charge >= 0.3 is 25.2 Å². The van der Waals surface area contributed by atoms with Crippen molar-refractivity contribution in [3.8, 4) is 0 Å². The monoisotopic (exact) mass is 365 g/mol. The first-order chi connectivity index (χ1) is 12.2. The van der Waals surface area contributed by atoms with Gasteiger partial charge in [-0.15, -0.1) is 0 Å². The first-order valence-electron chi connectivity index (χ1n) is 7.58. The fraction of sp³-hybridized carbons (Fsp3) is 0.333. The fourth-order valence-corrected chi connectivity index (χ4v) is 2.65. The van der Waals surface area contributed by atoms with Crippen molar-refractivity contribution >= 4 is 31.1 Å². The summed E-state index contributed by atoms with van der Waals surface area (Å²) < 4.78 is 10.3. The summed E-state index contributed by atoms with van der Waals surface area (Å²) in [5.74, 6) is -5.25. The maximum Gasteiger partial charge on any atom is 0.552 e. The van der Waals surface area contributed by atoms with Crippen LogP contribution in [0.1, 0.15) is 18.4 Å². The van der Waals surface area contributed by atoms with Crippen LogP contribution in [0, 0.1) is 0 Å². The summed E-state index contributed by atoms with van der Waals surface area (Å²) in [7, 11) is -1.59. The molecule has 1 aromatic carbocycles. The number of hydrogen-bond acceptors (Lipinski definition) is 6. The second-order valence-corrected chi connectivity index (χ2v) is 5.77. The molecule has 1 aliphatic heterocycles.